The third kappa shape index (κ3) is 1.65. The zero-order valence-electron chi connectivity index (χ0n) is 9.74. The predicted octanol–water partition coefficient (Wildman–Crippen LogP) is 3.30. The van der Waals surface area contributed by atoms with E-state index in [1.165, 1.54) is 0 Å². The van der Waals surface area contributed by atoms with E-state index >= 15 is 0 Å². The van der Waals surface area contributed by atoms with Gasteiger partial charge in [-0.3, -0.25) is 4.98 Å². The minimum absolute atomic E-state index is 0.824. The molecule has 0 saturated carbocycles. The monoisotopic (exact) mass is 214 g/mol. The van der Waals surface area contributed by atoms with Gasteiger partial charge in [0.05, 0.1) is 11.4 Å². The summed E-state index contributed by atoms with van der Waals surface area (Å²) in [7, 11) is 0. The second-order valence-electron chi connectivity index (χ2n) is 3.83. The molecule has 2 heterocycles. The normalized spacial score (nSPS) is 10.4. The molecule has 2 aromatic rings. The highest BCUT2D eigenvalue weighted by molar-refractivity contribution is 5.68. The van der Waals surface area contributed by atoms with Crippen LogP contribution in [0.2, 0.25) is 0 Å². The summed E-state index contributed by atoms with van der Waals surface area (Å²) in [5.41, 5.74) is 4.98. The first-order chi connectivity index (χ1) is 7.63. The van der Waals surface area contributed by atoms with Gasteiger partial charge in [0.25, 0.3) is 0 Å². The van der Waals surface area contributed by atoms with Gasteiger partial charge in [-0.1, -0.05) is 11.7 Å². The van der Waals surface area contributed by atoms with Crippen LogP contribution in [0.1, 0.15) is 22.7 Å². The summed E-state index contributed by atoms with van der Waals surface area (Å²) in [4.78, 5) is 4.35. The predicted molar refractivity (Wildman–Crippen MR) is 64.0 cm³/mol. The summed E-state index contributed by atoms with van der Waals surface area (Å²) >= 11 is 0. The Labute approximate surface area is 94.8 Å². The molecule has 0 bridgehead atoms. The molecule has 3 nitrogen and oxygen atoms in total. The molecule has 82 valence electrons. The molecule has 0 N–H and O–H groups in total. The first kappa shape index (κ1) is 10.6. The molecule has 0 spiro atoms. The third-order valence-electron chi connectivity index (χ3n) is 2.63. The largest absolute Gasteiger partial charge is 0.361 e. The fourth-order valence-electron chi connectivity index (χ4n) is 1.83. The fourth-order valence-corrected chi connectivity index (χ4v) is 1.83. The van der Waals surface area contributed by atoms with Gasteiger partial charge >= 0.3 is 0 Å². The SMILES string of the molecule is C=Cc1ncc(-c2c(C)noc2C)cc1C. The van der Waals surface area contributed by atoms with Crippen molar-refractivity contribution in [2.24, 2.45) is 0 Å². The van der Waals surface area contributed by atoms with Crippen LogP contribution in [-0.2, 0) is 0 Å². The lowest BCUT2D eigenvalue weighted by atomic mass is 10.0. The topological polar surface area (TPSA) is 38.9 Å². The van der Waals surface area contributed by atoms with E-state index in [0.29, 0.717) is 0 Å². The van der Waals surface area contributed by atoms with Crippen molar-refractivity contribution >= 4 is 6.08 Å². The summed E-state index contributed by atoms with van der Waals surface area (Å²) in [5.74, 6) is 0.824. The summed E-state index contributed by atoms with van der Waals surface area (Å²) in [6, 6.07) is 2.08. The van der Waals surface area contributed by atoms with E-state index in [1.54, 1.807) is 6.08 Å². The standard InChI is InChI=1S/C13H14N2O/c1-5-12-8(2)6-11(7-14-12)13-9(3)15-16-10(13)4/h5-7H,1H2,2-4H3. The Bertz CT molecular complexity index is 521. The van der Waals surface area contributed by atoms with Crippen LogP contribution < -0.4 is 0 Å². The number of rotatable bonds is 2. The zero-order chi connectivity index (χ0) is 11.7. The molecular weight excluding hydrogens is 200 g/mol. The van der Waals surface area contributed by atoms with Gasteiger partial charge < -0.3 is 4.52 Å². The highest BCUT2D eigenvalue weighted by Gasteiger charge is 2.12. The molecule has 2 rings (SSSR count). The maximum Gasteiger partial charge on any atom is 0.141 e. The van der Waals surface area contributed by atoms with Crippen molar-refractivity contribution in [1.29, 1.82) is 0 Å². The smallest absolute Gasteiger partial charge is 0.141 e. The summed E-state index contributed by atoms with van der Waals surface area (Å²) in [6.45, 7) is 9.59. The quantitative estimate of drug-likeness (QED) is 0.769. The Balaban J connectivity index is 2.57. The summed E-state index contributed by atoms with van der Waals surface area (Å²) < 4.78 is 5.15. The molecule has 0 amide bonds. The van der Waals surface area contributed by atoms with Crippen LogP contribution >= 0.6 is 0 Å². The Morgan fingerprint density at radius 2 is 2.06 bits per heavy atom. The van der Waals surface area contributed by atoms with Crippen molar-refractivity contribution in [1.82, 2.24) is 10.1 Å². The van der Waals surface area contributed by atoms with Gasteiger partial charge in [-0.2, -0.15) is 0 Å². The van der Waals surface area contributed by atoms with E-state index in [2.05, 4.69) is 22.8 Å². The molecule has 0 unspecified atom stereocenters. The van der Waals surface area contributed by atoms with Crippen LogP contribution in [0, 0.1) is 20.8 Å². The molecule has 3 heteroatoms. The van der Waals surface area contributed by atoms with Crippen molar-refractivity contribution in [2.75, 3.05) is 0 Å². The first-order valence-corrected chi connectivity index (χ1v) is 5.16. The average Bonchev–Trinajstić information content (AvgIpc) is 2.58. The third-order valence-corrected chi connectivity index (χ3v) is 2.63. The van der Waals surface area contributed by atoms with Crippen molar-refractivity contribution in [3.05, 3.63) is 41.6 Å². The minimum atomic E-state index is 0.824. The van der Waals surface area contributed by atoms with E-state index in [-0.39, 0.29) is 0 Å². The van der Waals surface area contributed by atoms with Crippen LogP contribution in [0.3, 0.4) is 0 Å². The second-order valence-corrected chi connectivity index (χ2v) is 3.83. The van der Waals surface area contributed by atoms with Gasteiger partial charge in [-0.25, -0.2) is 0 Å². The van der Waals surface area contributed by atoms with E-state index in [0.717, 1.165) is 33.8 Å². The lowest BCUT2D eigenvalue weighted by molar-refractivity contribution is 0.393. The minimum Gasteiger partial charge on any atom is -0.361 e. The van der Waals surface area contributed by atoms with Crippen LogP contribution in [-0.4, -0.2) is 10.1 Å². The van der Waals surface area contributed by atoms with Gasteiger partial charge in [0.15, 0.2) is 0 Å². The molecule has 0 aliphatic rings. The Morgan fingerprint density at radius 3 is 2.56 bits per heavy atom. The Hall–Kier alpha value is -1.90. The summed E-state index contributed by atoms with van der Waals surface area (Å²) in [6.07, 6.45) is 3.59. The van der Waals surface area contributed by atoms with Crippen molar-refractivity contribution in [3.63, 3.8) is 0 Å². The number of aromatic nitrogens is 2. The Morgan fingerprint density at radius 1 is 1.31 bits per heavy atom. The maximum absolute atomic E-state index is 5.15. The van der Waals surface area contributed by atoms with E-state index in [9.17, 15) is 0 Å². The zero-order valence-corrected chi connectivity index (χ0v) is 9.74. The molecule has 0 aromatic carbocycles. The van der Waals surface area contributed by atoms with Gasteiger partial charge in [0.1, 0.15) is 5.76 Å². The average molecular weight is 214 g/mol. The first-order valence-electron chi connectivity index (χ1n) is 5.16. The Kier molecular flexibility index (Phi) is 2.60. The van der Waals surface area contributed by atoms with Crippen LogP contribution in [0.5, 0.6) is 0 Å². The van der Waals surface area contributed by atoms with Crippen LogP contribution in [0.15, 0.2) is 23.4 Å². The van der Waals surface area contributed by atoms with Gasteiger partial charge in [-0.05, 0) is 38.5 Å². The lowest BCUT2D eigenvalue weighted by Crippen LogP contribution is -1.89. The molecule has 0 saturated heterocycles. The number of hydrogen-bond acceptors (Lipinski definition) is 3. The maximum atomic E-state index is 5.15. The molecular formula is C13H14N2O. The van der Waals surface area contributed by atoms with Gasteiger partial charge in [0.2, 0.25) is 0 Å². The van der Waals surface area contributed by atoms with E-state index < -0.39 is 0 Å². The van der Waals surface area contributed by atoms with Crippen LogP contribution in [0.25, 0.3) is 17.2 Å². The molecule has 0 fully saturated rings. The summed E-state index contributed by atoms with van der Waals surface area (Å²) in [5, 5.41) is 3.94. The van der Waals surface area contributed by atoms with Crippen molar-refractivity contribution in [3.8, 4) is 11.1 Å². The second kappa shape index (κ2) is 3.93. The fraction of sp³-hybridized carbons (Fsp3) is 0.231. The number of nitrogens with zero attached hydrogens (tertiary/aromatic N) is 2. The molecule has 2 aromatic heterocycles. The van der Waals surface area contributed by atoms with E-state index in [4.69, 9.17) is 4.52 Å². The number of hydrogen-bond donors (Lipinski definition) is 0. The number of pyridine rings is 1. The molecule has 0 atom stereocenters. The van der Waals surface area contributed by atoms with Gasteiger partial charge in [0, 0.05) is 17.3 Å². The van der Waals surface area contributed by atoms with Crippen molar-refractivity contribution < 1.29 is 4.52 Å². The molecule has 0 aliphatic heterocycles. The highest BCUT2D eigenvalue weighted by atomic mass is 16.5. The molecule has 16 heavy (non-hydrogen) atoms. The van der Waals surface area contributed by atoms with E-state index in [1.807, 2.05) is 27.0 Å². The number of aryl methyl sites for hydroxylation is 3. The molecule has 0 aliphatic carbocycles. The molecule has 0 radical (unpaired) electrons. The lowest BCUT2D eigenvalue weighted by Gasteiger charge is -2.04. The van der Waals surface area contributed by atoms with Gasteiger partial charge in [-0.15, -0.1) is 0 Å². The highest BCUT2D eigenvalue weighted by Crippen LogP contribution is 2.27. The van der Waals surface area contributed by atoms with Crippen molar-refractivity contribution in [2.45, 2.75) is 20.8 Å². The van der Waals surface area contributed by atoms with Crippen LogP contribution in [0.4, 0.5) is 0 Å².